The van der Waals surface area contributed by atoms with Crippen molar-refractivity contribution in [3.05, 3.63) is 189 Å². The third-order valence-corrected chi connectivity index (χ3v) is 11.3. The van der Waals surface area contributed by atoms with Crippen LogP contribution in [0.15, 0.2) is 154 Å². The molecule has 2 atom stereocenters. The second kappa shape index (κ2) is 15.8. The summed E-state index contributed by atoms with van der Waals surface area (Å²) < 4.78 is 11.5. The van der Waals surface area contributed by atoms with Gasteiger partial charge in [0.1, 0.15) is 22.9 Å². The molecule has 2 aromatic carbocycles. The van der Waals surface area contributed by atoms with Gasteiger partial charge in [0, 0.05) is 71.4 Å². The topological polar surface area (TPSA) is 75.6 Å². The molecule has 0 saturated heterocycles. The normalized spacial score (nSPS) is 15.4. The highest BCUT2D eigenvalue weighted by molar-refractivity contribution is 7.10. The van der Waals surface area contributed by atoms with E-state index in [0.29, 0.717) is 25.9 Å². The van der Waals surface area contributed by atoms with E-state index >= 15 is 0 Å². The van der Waals surface area contributed by atoms with Crippen molar-refractivity contribution in [2.75, 3.05) is 13.1 Å². The lowest BCUT2D eigenvalue weighted by molar-refractivity contribution is -0.122. The Morgan fingerprint density at radius 2 is 1.10 bits per heavy atom. The van der Waals surface area contributed by atoms with E-state index in [4.69, 9.17) is 9.05 Å². The van der Waals surface area contributed by atoms with Gasteiger partial charge >= 0.3 is 0 Å². The largest absolute Gasteiger partial charge is 0.360 e. The number of hydrogen-bond donors (Lipinski definition) is 0. The fourth-order valence-electron chi connectivity index (χ4n) is 6.76. The molecule has 0 bridgehead atoms. The highest BCUT2D eigenvalue weighted by Gasteiger charge is 2.33. The SMILES string of the molecule is O=C(C(CN1C=CCC(c2cc(Cc3ccccc3)on2)=C1)c1cccs1)C(CN1C=CCC(c2cc(Cc3ccccc3)on2)=C1)c1cccs1. The van der Waals surface area contributed by atoms with Crippen LogP contribution in [0.1, 0.15) is 68.5 Å². The Balaban J connectivity index is 1.01. The first-order valence-corrected chi connectivity index (χ1v) is 19.3. The molecule has 2 unspecified atom stereocenters. The average Bonchev–Trinajstić information content (AvgIpc) is 4.03. The average molecular weight is 723 g/mol. The summed E-state index contributed by atoms with van der Waals surface area (Å²) in [5.41, 5.74) is 6.14. The van der Waals surface area contributed by atoms with Crippen molar-refractivity contribution in [3.8, 4) is 0 Å². The lowest BCUT2D eigenvalue weighted by Gasteiger charge is -2.30. The van der Waals surface area contributed by atoms with Crippen molar-refractivity contribution >= 4 is 39.6 Å². The van der Waals surface area contributed by atoms with E-state index in [1.165, 1.54) is 11.1 Å². The predicted octanol–water partition coefficient (Wildman–Crippen LogP) is 9.92. The Morgan fingerprint density at radius 3 is 1.52 bits per heavy atom. The smallest absolute Gasteiger partial charge is 0.153 e. The summed E-state index contributed by atoms with van der Waals surface area (Å²) >= 11 is 3.27. The monoisotopic (exact) mass is 722 g/mol. The Morgan fingerprint density at radius 1 is 0.635 bits per heavy atom. The maximum Gasteiger partial charge on any atom is 0.153 e. The zero-order chi connectivity index (χ0) is 35.1. The van der Waals surface area contributed by atoms with Crippen molar-refractivity contribution in [3.63, 3.8) is 0 Å². The molecule has 6 aromatic rings. The second-order valence-electron chi connectivity index (χ2n) is 13.1. The van der Waals surface area contributed by atoms with E-state index in [0.717, 1.165) is 56.7 Å². The molecule has 0 amide bonds. The van der Waals surface area contributed by atoms with Gasteiger partial charge in [0.15, 0.2) is 5.78 Å². The zero-order valence-electron chi connectivity index (χ0n) is 28.6. The summed E-state index contributed by atoms with van der Waals surface area (Å²) in [5, 5.41) is 12.9. The van der Waals surface area contributed by atoms with Gasteiger partial charge in [-0.05, 0) is 59.3 Å². The van der Waals surface area contributed by atoms with Crippen molar-refractivity contribution in [2.45, 2.75) is 37.5 Å². The van der Waals surface area contributed by atoms with Gasteiger partial charge in [-0.2, -0.15) is 0 Å². The van der Waals surface area contributed by atoms with Gasteiger partial charge in [-0.1, -0.05) is 95.3 Å². The molecule has 2 aliphatic rings. The van der Waals surface area contributed by atoms with Crippen LogP contribution in [0.3, 0.4) is 0 Å². The molecule has 0 N–H and O–H groups in total. The van der Waals surface area contributed by atoms with Gasteiger partial charge in [0.05, 0.1) is 11.8 Å². The molecule has 0 radical (unpaired) electrons. The number of Topliss-reactive ketones (excluding diaryl/α,β-unsaturated/α-hetero) is 1. The van der Waals surface area contributed by atoms with Crippen molar-refractivity contribution in [1.82, 2.24) is 20.1 Å². The van der Waals surface area contributed by atoms with Crippen LogP contribution in [0.5, 0.6) is 0 Å². The van der Waals surface area contributed by atoms with E-state index < -0.39 is 0 Å². The third-order valence-electron chi connectivity index (χ3n) is 9.38. The minimum atomic E-state index is -0.327. The summed E-state index contributed by atoms with van der Waals surface area (Å²) in [5.74, 6) is 1.20. The standard InChI is InChI=1S/C43H38N4O3S2/c48-43(37(41-17-9-21-51-41)29-46-19-7-15-33(27-46)39-25-35(49-44-39)23-31-11-3-1-4-12-31)38(42-18-10-22-52-42)30-47-20-8-16-34(28-47)40-26-36(50-45-40)24-32-13-5-2-6-14-32/h1-14,17-22,25-28,37-38H,15-16,23-24,29-30H2. The molecule has 52 heavy (non-hydrogen) atoms. The maximum atomic E-state index is 14.9. The van der Waals surface area contributed by atoms with Gasteiger partial charge < -0.3 is 18.8 Å². The summed E-state index contributed by atoms with van der Waals surface area (Å²) in [6, 6.07) is 32.8. The predicted molar refractivity (Wildman–Crippen MR) is 208 cm³/mol. The molecule has 0 saturated carbocycles. The summed E-state index contributed by atoms with van der Waals surface area (Å²) in [6.07, 6.45) is 15.5. The van der Waals surface area contributed by atoms with Crippen molar-refractivity contribution in [2.24, 2.45) is 0 Å². The molecular formula is C43H38N4O3S2. The Labute approximate surface area is 311 Å². The molecular weight excluding hydrogens is 685 g/mol. The fourth-order valence-corrected chi connectivity index (χ4v) is 8.42. The van der Waals surface area contributed by atoms with E-state index in [1.807, 2.05) is 60.7 Å². The van der Waals surface area contributed by atoms with Crippen LogP contribution in [-0.4, -0.2) is 39.0 Å². The van der Waals surface area contributed by atoms with Crippen LogP contribution < -0.4 is 0 Å². The Hall–Kier alpha value is -5.51. The number of aromatic nitrogens is 2. The molecule has 4 aromatic heterocycles. The van der Waals surface area contributed by atoms with Gasteiger partial charge in [-0.25, -0.2) is 0 Å². The van der Waals surface area contributed by atoms with Gasteiger partial charge in [-0.15, -0.1) is 22.7 Å². The van der Waals surface area contributed by atoms with E-state index in [9.17, 15) is 4.79 Å². The lowest BCUT2D eigenvalue weighted by Crippen LogP contribution is -2.33. The van der Waals surface area contributed by atoms with Gasteiger partial charge in [-0.3, -0.25) is 4.79 Å². The van der Waals surface area contributed by atoms with Gasteiger partial charge in [0.25, 0.3) is 0 Å². The van der Waals surface area contributed by atoms with Crippen LogP contribution in [0, 0.1) is 0 Å². The van der Waals surface area contributed by atoms with E-state index in [2.05, 4.69) is 104 Å². The molecule has 260 valence electrons. The highest BCUT2D eigenvalue weighted by Crippen LogP contribution is 2.35. The van der Waals surface area contributed by atoms with Crippen molar-refractivity contribution in [1.29, 1.82) is 0 Å². The molecule has 9 heteroatoms. The number of hydrogen-bond acceptors (Lipinski definition) is 9. The minimum absolute atomic E-state index is 0.200. The summed E-state index contributed by atoms with van der Waals surface area (Å²) in [7, 11) is 0. The number of nitrogens with zero attached hydrogens (tertiary/aromatic N) is 4. The maximum absolute atomic E-state index is 14.9. The summed E-state index contributed by atoms with van der Waals surface area (Å²) in [6.45, 7) is 1.05. The molecule has 0 fully saturated rings. The van der Waals surface area contributed by atoms with Crippen LogP contribution in [0.4, 0.5) is 0 Å². The number of rotatable bonds is 14. The third kappa shape index (κ3) is 8.01. The molecule has 8 rings (SSSR count). The second-order valence-corrected chi connectivity index (χ2v) is 15.1. The molecule has 6 heterocycles. The first kappa shape index (κ1) is 33.6. The number of benzene rings is 2. The summed E-state index contributed by atoms with van der Waals surface area (Å²) in [4.78, 5) is 21.2. The molecule has 7 nitrogen and oxygen atoms in total. The highest BCUT2D eigenvalue weighted by atomic mass is 32.1. The van der Waals surface area contributed by atoms with E-state index in [-0.39, 0.29) is 17.6 Å². The van der Waals surface area contributed by atoms with Crippen LogP contribution in [0.25, 0.3) is 11.1 Å². The molecule has 2 aliphatic heterocycles. The minimum Gasteiger partial charge on any atom is -0.360 e. The van der Waals surface area contributed by atoms with Crippen LogP contribution in [0.2, 0.25) is 0 Å². The fraction of sp³-hybridized carbons (Fsp3) is 0.186. The van der Waals surface area contributed by atoms with Crippen molar-refractivity contribution < 1.29 is 13.8 Å². The first-order chi connectivity index (χ1) is 25.6. The zero-order valence-corrected chi connectivity index (χ0v) is 30.2. The molecule has 0 spiro atoms. The molecule has 0 aliphatic carbocycles. The first-order valence-electron chi connectivity index (χ1n) is 17.5. The van der Waals surface area contributed by atoms with Crippen LogP contribution >= 0.6 is 22.7 Å². The van der Waals surface area contributed by atoms with E-state index in [1.54, 1.807) is 22.7 Å². The number of ketones is 1. The number of carbonyl (C=O) groups excluding carboxylic acids is 1. The lowest BCUT2D eigenvalue weighted by atomic mass is 9.89. The number of allylic oxidation sites excluding steroid dienone is 4. The Bertz CT molecular complexity index is 2040. The van der Waals surface area contributed by atoms with Gasteiger partial charge in [0.2, 0.25) is 0 Å². The quantitative estimate of drug-likeness (QED) is 0.111. The number of thiophene rings is 2. The Kier molecular flexibility index (Phi) is 10.2. The van der Waals surface area contributed by atoms with Crippen LogP contribution in [-0.2, 0) is 17.6 Å². The number of carbonyl (C=O) groups is 1.